The van der Waals surface area contributed by atoms with Crippen molar-refractivity contribution in [3.05, 3.63) is 35.4 Å². The van der Waals surface area contributed by atoms with Gasteiger partial charge in [0.2, 0.25) is 0 Å². The van der Waals surface area contributed by atoms with Gasteiger partial charge in [0, 0.05) is 6.61 Å². The van der Waals surface area contributed by atoms with Crippen molar-refractivity contribution in [3.8, 4) is 0 Å². The maximum absolute atomic E-state index is 12.5. The van der Waals surface area contributed by atoms with Gasteiger partial charge in [-0.3, -0.25) is 0 Å². The monoisotopic (exact) mass is 286 g/mol. The molecule has 7 heteroatoms. The van der Waals surface area contributed by atoms with E-state index in [1.165, 1.54) is 12.1 Å². The summed E-state index contributed by atoms with van der Waals surface area (Å²) in [6.07, 6.45) is -9.93. The molecule has 0 atom stereocenters. The van der Waals surface area contributed by atoms with Crippen LogP contribution in [-0.2, 0) is 6.42 Å². The number of benzene rings is 1. The molecule has 1 aromatic carbocycles. The van der Waals surface area contributed by atoms with Crippen molar-refractivity contribution >= 4 is 0 Å². The number of aryl methyl sites for hydroxylation is 1. The second-order valence-electron chi connectivity index (χ2n) is 4.08. The van der Waals surface area contributed by atoms with Crippen molar-refractivity contribution in [2.24, 2.45) is 0 Å². The summed E-state index contributed by atoms with van der Waals surface area (Å²) >= 11 is 0. The number of halogens is 6. The number of rotatable bonds is 4. The van der Waals surface area contributed by atoms with E-state index in [2.05, 4.69) is 0 Å². The van der Waals surface area contributed by atoms with Crippen LogP contribution in [-0.4, -0.2) is 24.1 Å². The van der Waals surface area contributed by atoms with Crippen LogP contribution in [0.2, 0.25) is 0 Å². The lowest BCUT2D eigenvalue weighted by atomic mass is 9.96. The minimum atomic E-state index is -5.37. The lowest BCUT2D eigenvalue weighted by Crippen LogP contribution is -2.34. The first-order valence-corrected chi connectivity index (χ1v) is 5.49. The third-order valence-corrected chi connectivity index (χ3v) is 2.59. The van der Waals surface area contributed by atoms with Gasteiger partial charge in [0.05, 0.1) is 0 Å². The highest BCUT2D eigenvalue weighted by Gasteiger charge is 2.57. The van der Waals surface area contributed by atoms with Crippen LogP contribution < -0.4 is 0 Å². The van der Waals surface area contributed by atoms with Gasteiger partial charge in [0.25, 0.3) is 0 Å². The van der Waals surface area contributed by atoms with Crippen LogP contribution in [0.15, 0.2) is 24.3 Å². The highest BCUT2D eigenvalue weighted by molar-refractivity contribution is 5.27. The molecular weight excluding hydrogens is 274 g/mol. The molecule has 0 radical (unpaired) electrons. The SMILES string of the molecule is OCCCc1ccc(C(C(F)(F)F)C(F)(F)F)cc1. The average molecular weight is 286 g/mol. The van der Waals surface area contributed by atoms with Gasteiger partial charge in [-0.1, -0.05) is 24.3 Å². The summed E-state index contributed by atoms with van der Waals surface area (Å²) in [4.78, 5) is 0. The molecule has 19 heavy (non-hydrogen) atoms. The van der Waals surface area contributed by atoms with Gasteiger partial charge in [0.15, 0.2) is 5.92 Å². The van der Waals surface area contributed by atoms with Crippen molar-refractivity contribution in [2.45, 2.75) is 31.1 Å². The lowest BCUT2D eigenvalue weighted by Gasteiger charge is -2.23. The Hall–Kier alpha value is -1.24. The molecule has 0 aliphatic carbocycles. The number of hydrogen-bond acceptors (Lipinski definition) is 1. The molecule has 0 saturated carbocycles. The van der Waals surface area contributed by atoms with Crippen LogP contribution in [0.3, 0.4) is 0 Å². The highest BCUT2D eigenvalue weighted by atomic mass is 19.4. The van der Waals surface area contributed by atoms with Crippen LogP contribution in [0, 0.1) is 0 Å². The summed E-state index contributed by atoms with van der Waals surface area (Å²) in [5, 5.41) is 8.59. The summed E-state index contributed by atoms with van der Waals surface area (Å²) < 4.78 is 74.7. The summed E-state index contributed by atoms with van der Waals surface area (Å²) in [7, 11) is 0. The zero-order valence-corrected chi connectivity index (χ0v) is 9.72. The molecule has 108 valence electrons. The van der Waals surface area contributed by atoms with E-state index < -0.39 is 23.8 Å². The summed E-state index contributed by atoms with van der Waals surface area (Å²) in [6.45, 7) is -0.0878. The summed E-state index contributed by atoms with van der Waals surface area (Å²) in [6, 6.07) is 4.10. The van der Waals surface area contributed by atoms with Gasteiger partial charge in [-0.05, 0) is 24.0 Å². The molecule has 1 aromatic rings. The van der Waals surface area contributed by atoms with Crippen molar-refractivity contribution < 1.29 is 31.4 Å². The van der Waals surface area contributed by atoms with Gasteiger partial charge < -0.3 is 5.11 Å². The molecular formula is C12H12F6O. The van der Waals surface area contributed by atoms with Gasteiger partial charge in [-0.2, -0.15) is 26.3 Å². The number of alkyl halides is 6. The van der Waals surface area contributed by atoms with E-state index in [0.29, 0.717) is 18.4 Å². The number of hydrogen-bond donors (Lipinski definition) is 1. The summed E-state index contributed by atoms with van der Waals surface area (Å²) in [5.74, 6) is -3.47. The fourth-order valence-corrected chi connectivity index (χ4v) is 1.72. The van der Waals surface area contributed by atoms with Gasteiger partial charge in [-0.15, -0.1) is 0 Å². The second kappa shape index (κ2) is 5.81. The smallest absolute Gasteiger partial charge is 0.396 e. The van der Waals surface area contributed by atoms with Crippen LogP contribution in [0.25, 0.3) is 0 Å². The lowest BCUT2D eigenvalue weighted by molar-refractivity contribution is -0.253. The molecule has 0 aliphatic heterocycles. The van der Waals surface area contributed by atoms with Crippen molar-refractivity contribution in [3.63, 3.8) is 0 Å². The van der Waals surface area contributed by atoms with Crippen molar-refractivity contribution in [2.75, 3.05) is 6.61 Å². The zero-order valence-electron chi connectivity index (χ0n) is 9.72. The molecule has 0 amide bonds. The van der Waals surface area contributed by atoms with Crippen LogP contribution in [0.1, 0.15) is 23.5 Å². The highest BCUT2D eigenvalue weighted by Crippen LogP contribution is 2.46. The molecule has 0 bridgehead atoms. The molecule has 0 saturated heterocycles. The standard InChI is InChI=1S/C12H12F6O/c13-11(14,15)10(12(16,17)18)9-5-3-8(4-6-9)2-1-7-19/h3-6,10,19H,1-2,7H2. The van der Waals surface area contributed by atoms with Gasteiger partial charge in [-0.25, -0.2) is 0 Å². The molecule has 1 N–H and O–H groups in total. The van der Waals surface area contributed by atoms with Gasteiger partial charge >= 0.3 is 12.4 Å². The van der Waals surface area contributed by atoms with E-state index in [0.717, 1.165) is 12.1 Å². The van der Waals surface area contributed by atoms with E-state index in [-0.39, 0.29) is 6.61 Å². The Morgan fingerprint density at radius 3 is 1.74 bits per heavy atom. The predicted octanol–water partition coefficient (Wildman–Crippen LogP) is 3.82. The Balaban J connectivity index is 2.99. The molecule has 0 aromatic heterocycles. The van der Waals surface area contributed by atoms with E-state index in [9.17, 15) is 26.3 Å². The molecule has 1 rings (SSSR count). The molecule has 0 fully saturated rings. The Morgan fingerprint density at radius 1 is 0.895 bits per heavy atom. The normalized spacial score (nSPS) is 13.1. The minimum Gasteiger partial charge on any atom is -0.396 e. The molecule has 1 nitrogen and oxygen atoms in total. The first kappa shape index (κ1) is 15.8. The Bertz CT molecular complexity index is 378. The topological polar surface area (TPSA) is 20.2 Å². The van der Waals surface area contributed by atoms with Crippen LogP contribution >= 0.6 is 0 Å². The zero-order chi connectivity index (χ0) is 14.7. The fraction of sp³-hybridized carbons (Fsp3) is 0.500. The van der Waals surface area contributed by atoms with Gasteiger partial charge in [0.1, 0.15) is 0 Å². The van der Waals surface area contributed by atoms with E-state index >= 15 is 0 Å². The average Bonchev–Trinajstić information content (AvgIpc) is 2.24. The third kappa shape index (κ3) is 4.41. The quantitative estimate of drug-likeness (QED) is 0.834. The number of aliphatic hydroxyl groups excluding tert-OH is 1. The van der Waals surface area contributed by atoms with E-state index in [1.807, 2.05) is 0 Å². The number of aliphatic hydroxyl groups is 1. The molecule has 0 spiro atoms. The van der Waals surface area contributed by atoms with Crippen LogP contribution in [0.5, 0.6) is 0 Å². The largest absolute Gasteiger partial charge is 0.404 e. The Kier molecular flexibility index (Phi) is 4.84. The molecule has 0 heterocycles. The maximum atomic E-state index is 12.5. The van der Waals surface area contributed by atoms with Crippen LogP contribution in [0.4, 0.5) is 26.3 Å². The first-order valence-electron chi connectivity index (χ1n) is 5.49. The molecule has 0 aliphatic rings. The first-order chi connectivity index (χ1) is 8.66. The van der Waals surface area contributed by atoms with E-state index in [1.54, 1.807) is 0 Å². The van der Waals surface area contributed by atoms with E-state index in [4.69, 9.17) is 5.11 Å². The predicted molar refractivity (Wildman–Crippen MR) is 56.7 cm³/mol. The molecule has 0 unspecified atom stereocenters. The Morgan fingerprint density at radius 2 is 1.37 bits per heavy atom. The second-order valence-corrected chi connectivity index (χ2v) is 4.08. The van der Waals surface area contributed by atoms with Crippen molar-refractivity contribution in [1.82, 2.24) is 0 Å². The summed E-state index contributed by atoms with van der Waals surface area (Å²) in [5.41, 5.74) is -0.242. The Labute approximate surface area is 105 Å². The van der Waals surface area contributed by atoms with Crippen molar-refractivity contribution in [1.29, 1.82) is 0 Å². The fourth-order valence-electron chi connectivity index (χ4n) is 1.72. The third-order valence-electron chi connectivity index (χ3n) is 2.59. The minimum absolute atomic E-state index is 0.0878. The maximum Gasteiger partial charge on any atom is 0.404 e.